The molecule has 0 unspecified atom stereocenters. The van der Waals surface area contributed by atoms with Gasteiger partial charge in [-0.2, -0.15) is 5.26 Å². The molecular formula is C15H20N2O. The Bertz CT molecular complexity index is 470. The summed E-state index contributed by atoms with van der Waals surface area (Å²) in [6.07, 6.45) is 1.07. The van der Waals surface area contributed by atoms with Gasteiger partial charge in [0.2, 0.25) is 5.91 Å². The van der Waals surface area contributed by atoms with Crippen molar-refractivity contribution in [2.75, 3.05) is 11.9 Å². The lowest BCUT2D eigenvalue weighted by molar-refractivity contribution is -0.125. The second-order valence-corrected chi connectivity index (χ2v) is 4.55. The van der Waals surface area contributed by atoms with Crippen LogP contribution in [0.3, 0.4) is 0 Å². The minimum atomic E-state index is -0.906. The van der Waals surface area contributed by atoms with Gasteiger partial charge in [0.25, 0.3) is 0 Å². The van der Waals surface area contributed by atoms with Crippen LogP contribution in [0.25, 0.3) is 0 Å². The molecule has 96 valence electrons. The van der Waals surface area contributed by atoms with Crippen LogP contribution >= 0.6 is 0 Å². The molecule has 3 heteroatoms. The smallest absolute Gasteiger partial charge is 0.247 e. The van der Waals surface area contributed by atoms with E-state index in [-0.39, 0.29) is 5.91 Å². The predicted octanol–water partition coefficient (Wildman–Crippen LogP) is 3.29. The molecule has 18 heavy (non-hydrogen) atoms. The van der Waals surface area contributed by atoms with Crippen LogP contribution in [0.1, 0.15) is 32.3 Å². The molecule has 0 atom stereocenters. The molecule has 0 aliphatic heterocycles. The highest BCUT2D eigenvalue weighted by atomic mass is 16.2. The third kappa shape index (κ3) is 2.38. The van der Waals surface area contributed by atoms with Crippen molar-refractivity contribution in [1.82, 2.24) is 0 Å². The van der Waals surface area contributed by atoms with E-state index >= 15 is 0 Å². The lowest BCUT2D eigenvalue weighted by Crippen LogP contribution is -2.41. The van der Waals surface area contributed by atoms with Crippen LogP contribution in [0.4, 0.5) is 5.69 Å². The first-order chi connectivity index (χ1) is 8.52. The highest BCUT2D eigenvalue weighted by Gasteiger charge is 2.37. The maximum absolute atomic E-state index is 12.5. The van der Waals surface area contributed by atoms with Crippen molar-refractivity contribution in [3.63, 3.8) is 0 Å². The highest BCUT2D eigenvalue weighted by Crippen LogP contribution is 2.30. The molecule has 1 aromatic rings. The fourth-order valence-corrected chi connectivity index (χ4v) is 2.13. The Morgan fingerprint density at radius 1 is 1.33 bits per heavy atom. The van der Waals surface area contributed by atoms with Crippen LogP contribution in [0.15, 0.2) is 24.3 Å². The number of carbonyl (C=O) groups excluding carboxylic acids is 1. The summed E-state index contributed by atoms with van der Waals surface area (Å²) in [6, 6.07) is 9.90. The minimum Gasteiger partial charge on any atom is -0.314 e. The molecule has 0 aliphatic carbocycles. The molecule has 0 bridgehead atoms. The topological polar surface area (TPSA) is 44.1 Å². The third-order valence-corrected chi connectivity index (χ3v) is 3.61. The molecule has 1 rings (SSSR count). The van der Waals surface area contributed by atoms with E-state index in [9.17, 15) is 10.1 Å². The van der Waals surface area contributed by atoms with Crippen molar-refractivity contribution in [3.8, 4) is 6.07 Å². The summed E-state index contributed by atoms with van der Waals surface area (Å²) in [6.45, 7) is 5.73. The summed E-state index contributed by atoms with van der Waals surface area (Å²) >= 11 is 0. The Hall–Kier alpha value is -1.82. The predicted molar refractivity (Wildman–Crippen MR) is 73.2 cm³/mol. The first-order valence-electron chi connectivity index (χ1n) is 6.27. The number of hydrogen-bond donors (Lipinski definition) is 0. The van der Waals surface area contributed by atoms with Crippen LogP contribution in [-0.4, -0.2) is 13.0 Å². The van der Waals surface area contributed by atoms with E-state index in [0.29, 0.717) is 12.8 Å². The molecule has 0 saturated heterocycles. The molecule has 0 fully saturated rings. The molecule has 0 aliphatic rings. The van der Waals surface area contributed by atoms with Gasteiger partial charge in [-0.1, -0.05) is 32.0 Å². The lowest BCUT2D eigenvalue weighted by Gasteiger charge is -2.29. The number of amides is 1. The second-order valence-electron chi connectivity index (χ2n) is 4.55. The van der Waals surface area contributed by atoms with Crippen molar-refractivity contribution >= 4 is 11.6 Å². The lowest BCUT2D eigenvalue weighted by atomic mass is 9.82. The maximum atomic E-state index is 12.5. The number of anilines is 1. The van der Waals surface area contributed by atoms with Crippen LogP contribution < -0.4 is 4.90 Å². The van der Waals surface area contributed by atoms with Crippen molar-refractivity contribution in [2.24, 2.45) is 5.41 Å². The van der Waals surface area contributed by atoms with Gasteiger partial charge in [0.1, 0.15) is 5.41 Å². The zero-order valence-electron chi connectivity index (χ0n) is 11.5. The number of nitriles is 1. The standard InChI is InChI=1S/C15H20N2O/c1-5-15(6-2,11-16)14(18)17(4)13-10-8-7-9-12(13)3/h7-10H,5-6H2,1-4H3. The van der Waals surface area contributed by atoms with Crippen molar-refractivity contribution in [1.29, 1.82) is 5.26 Å². The third-order valence-electron chi connectivity index (χ3n) is 3.61. The fourth-order valence-electron chi connectivity index (χ4n) is 2.13. The van der Waals surface area contributed by atoms with Crippen molar-refractivity contribution in [3.05, 3.63) is 29.8 Å². The summed E-state index contributed by atoms with van der Waals surface area (Å²) in [5, 5.41) is 9.31. The average Bonchev–Trinajstić information content (AvgIpc) is 2.41. The van der Waals surface area contributed by atoms with Crippen LogP contribution in [0.5, 0.6) is 0 Å². The Morgan fingerprint density at radius 3 is 2.33 bits per heavy atom. The Labute approximate surface area is 109 Å². The number of aryl methyl sites for hydroxylation is 1. The van der Waals surface area contributed by atoms with E-state index in [4.69, 9.17) is 0 Å². The largest absolute Gasteiger partial charge is 0.314 e. The number of nitrogens with zero attached hydrogens (tertiary/aromatic N) is 2. The van der Waals surface area contributed by atoms with Gasteiger partial charge in [0, 0.05) is 12.7 Å². The highest BCUT2D eigenvalue weighted by molar-refractivity contribution is 5.99. The zero-order valence-corrected chi connectivity index (χ0v) is 11.5. The van der Waals surface area contributed by atoms with E-state index in [0.717, 1.165) is 11.3 Å². The monoisotopic (exact) mass is 244 g/mol. The number of rotatable bonds is 4. The van der Waals surface area contributed by atoms with Crippen molar-refractivity contribution in [2.45, 2.75) is 33.6 Å². The quantitative estimate of drug-likeness (QED) is 0.815. The van der Waals surface area contributed by atoms with Gasteiger partial charge in [-0.3, -0.25) is 4.79 Å². The summed E-state index contributed by atoms with van der Waals surface area (Å²) < 4.78 is 0. The number of benzene rings is 1. The van der Waals surface area contributed by atoms with Crippen LogP contribution in [0.2, 0.25) is 0 Å². The average molecular weight is 244 g/mol. The molecule has 0 N–H and O–H groups in total. The molecule has 3 nitrogen and oxygen atoms in total. The number of hydrogen-bond acceptors (Lipinski definition) is 2. The zero-order chi connectivity index (χ0) is 13.8. The summed E-state index contributed by atoms with van der Waals surface area (Å²) in [4.78, 5) is 14.1. The molecule has 0 aromatic heterocycles. The van der Waals surface area contributed by atoms with E-state index < -0.39 is 5.41 Å². The van der Waals surface area contributed by atoms with Crippen LogP contribution in [0, 0.1) is 23.7 Å². The van der Waals surface area contributed by atoms with Gasteiger partial charge in [-0.15, -0.1) is 0 Å². The molecule has 1 aromatic carbocycles. The fraction of sp³-hybridized carbons (Fsp3) is 0.467. The Kier molecular flexibility index (Phi) is 4.49. The van der Waals surface area contributed by atoms with Gasteiger partial charge in [0.05, 0.1) is 6.07 Å². The Balaban J connectivity index is 3.12. The summed E-state index contributed by atoms with van der Waals surface area (Å²) in [7, 11) is 1.74. The van der Waals surface area contributed by atoms with E-state index in [1.165, 1.54) is 0 Å². The maximum Gasteiger partial charge on any atom is 0.247 e. The van der Waals surface area contributed by atoms with E-state index in [2.05, 4.69) is 6.07 Å². The van der Waals surface area contributed by atoms with Gasteiger partial charge in [-0.05, 0) is 31.4 Å². The number of para-hydroxylation sites is 1. The second kappa shape index (κ2) is 5.68. The Morgan fingerprint density at radius 2 is 1.89 bits per heavy atom. The van der Waals surface area contributed by atoms with Gasteiger partial charge >= 0.3 is 0 Å². The van der Waals surface area contributed by atoms with Gasteiger partial charge in [-0.25, -0.2) is 0 Å². The summed E-state index contributed by atoms with van der Waals surface area (Å²) in [5.74, 6) is -0.121. The first-order valence-corrected chi connectivity index (χ1v) is 6.27. The van der Waals surface area contributed by atoms with Crippen molar-refractivity contribution < 1.29 is 4.79 Å². The minimum absolute atomic E-state index is 0.121. The molecule has 1 amide bonds. The van der Waals surface area contributed by atoms with Crippen LogP contribution in [-0.2, 0) is 4.79 Å². The summed E-state index contributed by atoms with van der Waals surface area (Å²) in [5.41, 5.74) is 0.994. The van der Waals surface area contributed by atoms with E-state index in [1.54, 1.807) is 11.9 Å². The van der Waals surface area contributed by atoms with E-state index in [1.807, 2.05) is 45.0 Å². The molecule has 0 saturated carbocycles. The molecule has 0 radical (unpaired) electrons. The normalized spacial score (nSPS) is 10.8. The van der Waals surface area contributed by atoms with Gasteiger partial charge < -0.3 is 4.90 Å². The molecular weight excluding hydrogens is 224 g/mol. The SMILES string of the molecule is CCC(C#N)(CC)C(=O)N(C)c1ccccc1C. The first kappa shape index (κ1) is 14.2. The number of carbonyl (C=O) groups is 1. The molecule has 0 heterocycles. The molecule has 0 spiro atoms. The van der Waals surface area contributed by atoms with Gasteiger partial charge in [0.15, 0.2) is 0 Å².